The van der Waals surface area contributed by atoms with Crippen LogP contribution in [0.4, 0.5) is 0 Å². The number of nitrogens with zero attached hydrogens (tertiary/aromatic N) is 1. The summed E-state index contributed by atoms with van der Waals surface area (Å²) in [7, 11) is 1.47. The number of rotatable bonds is 4. The zero-order valence-corrected chi connectivity index (χ0v) is 15.3. The number of amides is 1. The lowest BCUT2D eigenvalue weighted by Crippen LogP contribution is -2.18. The Bertz CT molecular complexity index is 735. The Hall–Kier alpha value is -1.61. The fourth-order valence-corrected chi connectivity index (χ4v) is 2.79. The largest absolute Gasteiger partial charge is 0.504 e. The second-order valence-corrected chi connectivity index (χ2v) is 6.25. The van der Waals surface area contributed by atoms with Crippen molar-refractivity contribution in [3.8, 4) is 11.5 Å². The Morgan fingerprint density at radius 1 is 1.41 bits per heavy atom. The van der Waals surface area contributed by atoms with Crippen molar-refractivity contribution in [2.75, 3.05) is 7.11 Å². The van der Waals surface area contributed by atoms with Gasteiger partial charge in [-0.05, 0) is 68.3 Å². The van der Waals surface area contributed by atoms with Crippen LogP contribution in [-0.4, -0.2) is 24.3 Å². The minimum Gasteiger partial charge on any atom is -0.504 e. The van der Waals surface area contributed by atoms with Gasteiger partial charge in [-0.25, -0.2) is 5.43 Å². The highest BCUT2D eigenvalue weighted by atomic mass is 127. The maximum absolute atomic E-state index is 12.0. The van der Waals surface area contributed by atoms with E-state index in [9.17, 15) is 9.90 Å². The first-order valence-electron chi connectivity index (χ1n) is 6.17. The molecule has 1 amide bonds. The maximum Gasteiger partial charge on any atom is 0.272 e. The van der Waals surface area contributed by atoms with Crippen molar-refractivity contribution in [2.24, 2.45) is 5.10 Å². The normalized spacial score (nSPS) is 10.7. The molecule has 5 nitrogen and oxygen atoms in total. The minimum atomic E-state index is -0.316. The summed E-state index contributed by atoms with van der Waals surface area (Å²) in [5, 5.41) is 13.7. The number of methoxy groups -OCH3 is 1. The van der Waals surface area contributed by atoms with E-state index in [0.29, 0.717) is 24.9 Å². The molecule has 2 N–H and O–H groups in total. The van der Waals surface area contributed by atoms with Crippen molar-refractivity contribution < 1.29 is 14.6 Å². The van der Waals surface area contributed by atoms with Gasteiger partial charge in [-0.1, -0.05) is 12.1 Å². The van der Waals surface area contributed by atoms with Crippen LogP contribution in [0.1, 0.15) is 15.9 Å². The fourth-order valence-electron chi connectivity index (χ4n) is 1.69. The van der Waals surface area contributed by atoms with E-state index in [1.54, 1.807) is 30.3 Å². The van der Waals surface area contributed by atoms with Crippen molar-refractivity contribution >= 4 is 50.6 Å². The second kappa shape index (κ2) is 7.59. The van der Waals surface area contributed by atoms with Crippen LogP contribution < -0.4 is 10.2 Å². The number of halogens is 2. The summed E-state index contributed by atoms with van der Waals surface area (Å²) in [6.45, 7) is 0. The molecular formula is C15H12BrIN2O3. The van der Waals surface area contributed by atoms with Crippen molar-refractivity contribution in [3.05, 3.63) is 55.6 Å². The van der Waals surface area contributed by atoms with Gasteiger partial charge in [-0.3, -0.25) is 4.79 Å². The van der Waals surface area contributed by atoms with Gasteiger partial charge in [0.15, 0.2) is 11.5 Å². The van der Waals surface area contributed by atoms with Crippen LogP contribution in [0.25, 0.3) is 0 Å². The molecule has 0 atom stereocenters. The Labute approximate surface area is 149 Å². The molecule has 114 valence electrons. The van der Waals surface area contributed by atoms with E-state index < -0.39 is 0 Å². The zero-order chi connectivity index (χ0) is 16.1. The van der Waals surface area contributed by atoms with Gasteiger partial charge in [0.2, 0.25) is 0 Å². The number of phenolic OH excluding ortho intramolecular Hbond substituents is 1. The Balaban J connectivity index is 2.12. The average molecular weight is 475 g/mol. The first-order chi connectivity index (χ1) is 10.5. The van der Waals surface area contributed by atoms with Gasteiger partial charge < -0.3 is 9.84 Å². The van der Waals surface area contributed by atoms with Crippen molar-refractivity contribution in [3.63, 3.8) is 0 Å². The summed E-state index contributed by atoms with van der Waals surface area (Å²) in [6.07, 6.45) is 1.48. The summed E-state index contributed by atoms with van der Waals surface area (Å²) >= 11 is 5.30. The van der Waals surface area contributed by atoms with Crippen LogP contribution in [0.15, 0.2) is 46.0 Å². The molecule has 0 heterocycles. The van der Waals surface area contributed by atoms with E-state index in [2.05, 4.69) is 26.5 Å². The van der Waals surface area contributed by atoms with E-state index in [1.807, 2.05) is 28.7 Å². The number of phenols is 1. The van der Waals surface area contributed by atoms with Gasteiger partial charge >= 0.3 is 0 Å². The molecular weight excluding hydrogens is 463 g/mol. The Morgan fingerprint density at radius 2 is 2.14 bits per heavy atom. The van der Waals surface area contributed by atoms with Gasteiger partial charge in [0.1, 0.15) is 0 Å². The Kier molecular flexibility index (Phi) is 5.78. The highest BCUT2D eigenvalue weighted by molar-refractivity contribution is 14.1. The standard InChI is InChI=1S/C15H12BrIN2O3/c1-22-13-7-9(6-12(17)14(13)20)8-18-19-15(21)10-4-2-3-5-11(10)16/h2-8,20H,1H3,(H,19,21)/b18-8+. The van der Waals surface area contributed by atoms with Gasteiger partial charge in [0, 0.05) is 4.47 Å². The average Bonchev–Trinajstić information content (AvgIpc) is 2.50. The third kappa shape index (κ3) is 3.98. The van der Waals surface area contributed by atoms with Crippen LogP contribution in [-0.2, 0) is 0 Å². The minimum absolute atomic E-state index is 0.0810. The lowest BCUT2D eigenvalue weighted by Gasteiger charge is -2.06. The van der Waals surface area contributed by atoms with Gasteiger partial charge in [-0.15, -0.1) is 0 Å². The van der Waals surface area contributed by atoms with Crippen LogP contribution in [0.3, 0.4) is 0 Å². The number of hydrogen-bond acceptors (Lipinski definition) is 4. The van der Waals surface area contributed by atoms with Crippen molar-refractivity contribution in [2.45, 2.75) is 0 Å². The number of carbonyl (C=O) groups is 1. The number of hydrogen-bond donors (Lipinski definition) is 2. The number of ether oxygens (including phenoxy) is 1. The van der Waals surface area contributed by atoms with Gasteiger partial charge in [0.25, 0.3) is 5.91 Å². The Morgan fingerprint density at radius 3 is 2.82 bits per heavy atom. The number of nitrogens with one attached hydrogen (secondary N) is 1. The van der Waals surface area contributed by atoms with Crippen molar-refractivity contribution in [1.82, 2.24) is 5.43 Å². The highest BCUT2D eigenvalue weighted by Crippen LogP contribution is 2.31. The van der Waals surface area contributed by atoms with E-state index in [0.717, 1.165) is 0 Å². The molecule has 2 aromatic rings. The first-order valence-corrected chi connectivity index (χ1v) is 8.04. The van der Waals surface area contributed by atoms with E-state index in [4.69, 9.17) is 4.74 Å². The van der Waals surface area contributed by atoms with Crippen LogP contribution in [0.5, 0.6) is 11.5 Å². The molecule has 0 saturated heterocycles. The number of benzene rings is 2. The molecule has 0 aliphatic heterocycles. The van der Waals surface area contributed by atoms with Gasteiger partial charge in [-0.2, -0.15) is 5.10 Å². The lowest BCUT2D eigenvalue weighted by molar-refractivity contribution is 0.0954. The molecule has 0 aliphatic rings. The highest BCUT2D eigenvalue weighted by Gasteiger charge is 2.09. The predicted molar refractivity (Wildman–Crippen MR) is 96.6 cm³/mol. The third-order valence-electron chi connectivity index (χ3n) is 2.77. The van der Waals surface area contributed by atoms with Crippen LogP contribution >= 0.6 is 38.5 Å². The van der Waals surface area contributed by atoms with Crippen molar-refractivity contribution in [1.29, 1.82) is 0 Å². The van der Waals surface area contributed by atoms with E-state index in [1.165, 1.54) is 13.3 Å². The monoisotopic (exact) mass is 474 g/mol. The maximum atomic E-state index is 12.0. The summed E-state index contributed by atoms with van der Waals surface area (Å²) < 4.78 is 6.40. The molecule has 0 spiro atoms. The molecule has 0 bridgehead atoms. The topological polar surface area (TPSA) is 70.9 Å². The summed E-state index contributed by atoms with van der Waals surface area (Å²) in [5.74, 6) is 0.118. The van der Waals surface area contributed by atoms with E-state index >= 15 is 0 Å². The molecule has 22 heavy (non-hydrogen) atoms. The quantitative estimate of drug-likeness (QED) is 0.404. The summed E-state index contributed by atoms with van der Waals surface area (Å²) in [6, 6.07) is 10.4. The zero-order valence-electron chi connectivity index (χ0n) is 11.5. The molecule has 0 aromatic heterocycles. The first kappa shape index (κ1) is 16.8. The molecule has 2 aromatic carbocycles. The molecule has 0 aliphatic carbocycles. The predicted octanol–water partition coefficient (Wildman–Crippen LogP) is 3.53. The lowest BCUT2D eigenvalue weighted by atomic mass is 10.2. The SMILES string of the molecule is COc1cc(/C=N/NC(=O)c2ccccc2Br)cc(I)c1O. The molecule has 7 heteroatoms. The number of aromatic hydroxyl groups is 1. The molecule has 2 rings (SSSR count). The second-order valence-electron chi connectivity index (χ2n) is 4.23. The molecule has 0 fully saturated rings. The molecule has 0 radical (unpaired) electrons. The smallest absolute Gasteiger partial charge is 0.272 e. The van der Waals surface area contributed by atoms with E-state index in [-0.39, 0.29) is 11.7 Å². The molecule has 0 saturated carbocycles. The summed E-state index contributed by atoms with van der Waals surface area (Å²) in [5.41, 5.74) is 3.65. The number of carbonyl (C=O) groups excluding carboxylic acids is 1. The molecule has 0 unspecified atom stereocenters. The third-order valence-corrected chi connectivity index (χ3v) is 4.28. The van der Waals surface area contributed by atoms with Gasteiger partial charge in [0.05, 0.1) is 22.5 Å². The number of hydrazone groups is 1. The fraction of sp³-hybridized carbons (Fsp3) is 0.0667. The van der Waals surface area contributed by atoms with Crippen LogP contribution in [0.2, 0.25) is 0 Å². The summed E-state index contributed by atoms with van der Waals surface area (Å²) in [4.78, 5) is 12.0. The van der Waals surface area contributed by atoms with Crippen LogP contribution in [0, 0.1) is 3.57 Å².